The molecule has 1 aliphatic heterocycles. The largest absolute Gasteiger partial charge is 0.489 e. The molecule has 2 aromatic carbocycles. The number of hydrogen-bond acceptors (Lipinski definition) is 4. The van der Waals surface area contributed by atoms with E-state index in [9.17, 15) is 14.0 Å². The van der Waals surface area contributed by atoms with E-state index in [0.717, 1.165) is 18.4 Å². The minimum atomic E-state index is -0.301. The lowest BCUT2D eigenvalue weighted by Crippen LogP contribution is -2.55. The monoisotopic (exact) mass is 440 g/mol. The molecule has 0 spiro atoms. The zero-order valence-electron chi connectivity index (χ0n) is 18.2. The molecular weight excluding hydrogens is 411 g/mol. The maximum Gasteiger partial charge on any atom is 0.321 e. The molecule has 1 unspecified atom stereocenters. The molecule has 170 valence electrons. The van der Waals surface area contributed by atoms with Crippen LogP contribution in [0, 0.1) is 5.82 Å². The molecule has 4 rings (SSSR count). The molecule has 0 radical (unpaired) electrons. The molecule has 0 bridgehead atoms. The summed E-state index contributed by atoms with van der Waals surface area (Å²) in [4.78, 5) is 28.8. The average molecular weight is 441 g/mol. The number of halogens is 1. The fraction of sp³-hybridized carbons (Fsp3) is 0.417. The zero-order valence-corrected chi connectivity index (χ0v) is 18.2. The molecule has 32 heavy (non-hydrogen) atoms. The topological polar surface area (TPSA) is 73.9 Å². The molecular formula is C24H29FN4O3. The number of piperazine rings is 1. The van der Waals surface area contributed by atoms with Gasteiger partial charge in [0.2, 0.25) is 5.91 Å². The lowest BCUT2D eigenvalue weighted by atomic mass is 10.2. The summed E-state index contributed by atoms with van der Waals surface area (Å²) >= 11 is 0. The molecule has 2 aromatic rings. The van der Waals surface area contributed by atoms with Crippen molar-refractivity contribution in [3.63, 3.8) is 0 Å². The van der Waals surface area contributed by atoms with E-state index in [1.807, 2.05) is 6.92 Å². The van der Waals surface area contributed by atoms with Crippen LogP contribution in [0.1, 0.15) is 25.3 Å². The lowest BCUT2D eigenvalue weighted by molar-refractivity contribution is -0.126. The van der Waals surface area contributed by atoms with Crippen LogP contribution < -0.4 is 15.4 Å². The van der Waals surface area contributed by atoms with E-state index in [0.29, 0.717) is 43.7 Å². The number of ether oxygens (including phenoxy) is 1. The predicted octanol–water partition coefficient (Wildman–Crippen LogP) is 3.22. The summed E-state index contributed by atoms with van der Waals surface area (Å²) in [6.45, 7) is 4.59. The molecule has 1 atom stereocenters. The maximum atomic E-state index is 13.3. The Labute approximate surface area is 187 Å². The van der Waals surface area contributed by atoms with Gasteiger partial charge in [-0.3, -0.25) is 9.69 Å². The van der Waals surface area contributed by atoms with Crippen LogP contribution in [-0.4, -0.2) is 60.0 Å². The highest BCUT2D eigenvalue weighted by Gasteiger charge is 2.30. The van der Waals surface area contributed by atoms with Crippen molar-refractivity contribution >= 4 is 17.6 Å². The van der Waals surface area contributed by atoms with Gasteiger partial charge in [0.05, 0.1) is 6.04 Å². The molecule has 1 aliphatic carbocycles. The second-order valence-electron chi connectivity index (χ2n) is 8.36. The van der Waals surface area contributed by atoms with Crippen LogP contribution in [0.15, 0.2) is 48.5 Å². The molecule has 2 fully saturated rings. The van der Waals surface area contributed by atoms with Gasteiger partial charge in [0.1, 0.15) is 18.2 Å². The molecule has 1 saturated heterocycles. The van der Waals surface area contributed by atoms with Crippen molar-refractivity contribution in [2.75, 3.05) is 31.5 Å². The summed E-state index contributed by atoms with van der Waals surface area (Å²) in [5, 5.41) is 5.95. The molecule has 7 nitrogen and oxygen atoms in total. The molecule has 2 aliphatic rings. The van der Waals surface area contributed by atoms with E-state index < -0.39 is 0 Å². The van der Waals surface area contributed by atoms with Gasteiger partial charge in [0, 0.05) is 44.0 Å². The van der Waals surface area contributed by atoms with Crippen molar-refractivity contribution in [3.05, 3.63) is 59.9 Å². The van der Waals surface area contributed by atoms with Crippen molar-refractivity contribution < 1.29 is 18.7 Å². The first-order valence-corrected chi connectivity index (χ1v) is 11.1. The Morgan fingerprint density at radius 1 is 1.09 bits per heavy atom. The minimum Gasteiger partial charge on any atom is -0.489 e. The second-order valence-corrected chi connectivity index (χ2v) is 8.36. The second kappa shape index (κ2) is 9.99. The number of rotatable bonds is 7. The van der Waals surface area contributed by atoms with Crippen molar-refractivity contribution in [2.24, 2.45) is 0 Å². The van der Waals surface area contributed by atoms with Crippen molar-refractivity contribution in [1.29, 1.82) is 0 Å². The van der Waals surface area contributed by atoms with Crippen LogP contribution >= 0.6 is 0 Å². The van der Waals surface area contributed by atoms with E-state index in [-0.39, 0.29) is 30.4 Å². The van der Waals surface area contributed by atoms with Gasteiger partial charge in [-0.2, -0.15) is 0 Å². The number of nitrogens with zero attached hydrogens (tertiary/aromatic N) is 2. The number of amides is 3. The highest BCUT2D eigenvalue weighted by molar-refractivity contribution is 5.89. The normalized spacial score (nSPS) is 17.5. The molecule has 2 N–H and O–H groups in total. The number of nitrogens with one attached hydrogen (secondary N) is 2. The van der Waals surface area contributed by atoms with Crippen LogP contribution in [0.25, 0.3) is 0 Å². The van der Waals surface area contributed by atoms with Crippen LogP contribution in [0.5, 0.6) is 5.75 Å². The first kappa shape index (κ1) is 22.1. The van der Waals surface area contributed by atoms with E-state index >= 15 is 0 Å². The van der Waals surface area contributed by atoms with Crippen LogP contribution in [-0.2, 0) is 11.4 Å². The van der Waals surface area contributed by atoms with Crippen LogP contribution in [0.2, 0.25) is 0 Å². The molecule has 1 heterocycles. The van der Waals surface area contributed by atoms with Gasteiger partial charge in [-0.15, -0.1) is 0 Å². The average Bonchev–Trinajstić information content (AvgIpc) is 3.61. The molecule has 3 amide bonds. The highest BCUT2D eigenvalue weighted by atomic mass is 19.1. The quantitative estimate of drug-likeness (QED) is 0.693. The third kappa shape index (κ3) is 5.97. The molecule has 0 aromatic heterocycles. The number of carbonyl (C=O) groups is 2. The first-order chi connectivity index (χ1) is 15.5. The van der Waals surface area contributed by atoms with Gasteiger partial charge in [-0.05, 0) is 49.6 Å². The Morgan fingerprint density at radius 3 is 2.56 bits per heavy atom. The summed E-state index contributed by atoms with van der Waals surface area (Å²) in [5.74, 6) is 0.359. The van der Waals surface area contributed by atoms with Gasteiger partial charge in [0.25, 0.3) is 0 Å². The van der Waals surface area contributed by atoms with Crippen LogP contribution in [0.4, 0.5) is 14.9 Å². The summed E-state index contributed by atoms with van der Waals surface area (Å²) in [5.41, 5.74) is 1.36. The van der Waals surface area contributed by atoms with E-state index in [1.54, 1.807) is 41.3 Å². The SMILES string of the molecule is CC(C(=O)NC1CC1)N1CCN(C(=O)Nc2cccc(OCc3cccc(F)c3)c2)CC1. The lowest BCUT2D eigenvalue weighted by Gasteiger charge is -2.37. The standard InChI is InChI=1S/C24H29FN4O3/c1-17(23(30)26-20-8-9-20)28-10-12-29(13-11-28)24(31)27-21-6-3-7-22(15-21)32-16-18-4-2-5-19(25)14-18/h2-7,14-15,17,20H,8-13,16H2,1H3,(H,26,30)(H,27,31). The van der Waals surface area contributed by atoms with Crippen molar-refractivity contribution in [1.82, 2.24) is 15.1 Å². The van der Waals surface area contributed by atoms with Gasteiger partial charge in [0.15, 0.2) is 0 Å². The highest BCUT2D eigenvalue weighted by Crippen LogP contribution is 2.21. The summed E-state index contributed by atoms with van der Waals surface area (Å²) in [6.07, 6.45) is 2.15. The number of carbonyl (C=O) groups excluding carboxylic acids is 2. The first-order valence-electron chi connectivity index (χ1n) is 11.1. The maximum absolute atomic E-state index is 13.3. The van der Waals surface area contributed by atoms with Crippen LogP contribution in [0.3, 0.4) is 0 Å². The van der Waals surface area contributed by atoms with Gasteiger partial charge in [-0.1, -0.05) is 18.2 Å². The van der Waals surface area contributed by atoms with Crippen molar-refractivity contribution in [2.45, 2.75) is 38.5 Å². The Morgan fingerprint density at radius 2 is 1.84 bits per heavy atom. The number of urea groups is 1. The molecule has 1 saturated carbocycles. The van der Waals surface area contributed by atoms with Gasteiger partial charge >= 0.3 is 6.03 Å². The smallest absolute Gasteiger partial charge is 0.321 e. The Bertz CT molecular complexity index is 958. The third-order valence-electron chi connectivity index (χ3n) is 5.83. The third-order valence-corrected chi connectivity index (χ3v) is 5.83. The van der Waals surface area contributed by atoms with Gasteiger partial charge in [-0.25, -0.2) is 9.18 Å². The van der Waals surface area contributed by atoms with Crippen molar-refractivity contribution in [3.8, 4) is 5.75 Å². The summed E-state index contributed by atoms with van der Waals surface area (Å²) in [6, 6.07) is 13.4. The summed E-state index contributed by atoms with van der Waals surface area (Å²) in [7, 11) is 0. The fourth-order valence-electron chi connectivity index (χ4n) is 3.69. The summed E-state index contributed by atoms with van der Waals surface area (Å²) < 4.78 is 19.0. The van der Waals surface area contributed by atoms with Gasteiger partial charge < -0.3 is 20.3 Å². The molecule has 8 heteroatoms. The fourth-order valence-corrected chi connectivity index (χ4v) is 3.69. The number of hydrogen-bond donors (Lipinski definition) is 2. The minimum absolute atomic E-state index is 0.0699. The van der Waals surface area contributed by atoms with E-state index in [1.165, 1.54) is 12.1 Å². The Kier molecular flexibility index (Phi) is 6.90. The number of benzene rings is 2. The van der Waals surface area contributed by atoms with E-state index in [2.05, 4.69) is 15.5 Å². The Hall–Kier alpha value is -3.13. The predicted molar refractivity (Wildman–Crippen MR) is 120 cm³/mol. The zero-order chi connectivity index (χ0) is 22.5. The number of anilines is 1. The van der Waals surface area contributed by atoms with E-state index in [4.69, 9.17) is 4.74 Å². The Balaban J connectivity index is 1.25.